The first-order valence-corrected chi connectivity index (χ1v) is 20.2. The zero-order valence-electron chi connectivity index (χ0n) is 32.2. The zero-order valence-corrected chi connectivity index (χ0v) is 32.2. The molecule has 284 valence electrons. The maximum absolute atomic E-state index is 4.85. The predicted octanol–water partition coefficient (Wildman–Crippen LogP) is 11.6. The minimum Gasteiger partial charge on any atom is -0.359 e. The molecule has 4 unspecified atom stereocenters. The largest absolute Gasteiger partial charge is 0.359 e. The van der Waals surface area contributed by atoms with Crippen molar-refractivity contribution in [2.24, 2.45) is 0 Å². The van der Waals surface area contributed by atoms with E-state index in [0.717, 1.165) is 55.6 Å². The second-order valence-corrected chi connectivity index (χ2v) is 15.2. The molecule has 4 N–H and O–H groups in total. The van der Waals surface area contributed by atoms with Crippen molar-refractivity contribution in [3.05, 3.63) is 223 Å². The van der Waals surface area contributed by atoms with Crippen molar-refractivity contribution in [3.63, 3.8) is 0 Å². The van der Waals surface area contributed by atoms with Gasteiger partial charge in [0.15, 0.2) is 0 Å². The van der Waals surface area contributed by atoms with Gasteiger partial charge in [-0.15, -0.1) is 0 Å². The van der Waals surface area contributed by atoms with Crippen molar-refractivity contribution < 1.29 is 0 Å². The number of benzene rings is 7. The lowest BCUT2D eigenvalue weighted by Gasteiger charge is -2.39. The minimum atomic E-state index is -0.164. The van der Waals surface area contributed by atoms with Crippen LogP contribution in [0.3, 0.4) is 0 Å². The normalized spacial score (nSPS) is 18.7. The summed E-state index contributed by atoms with van der Waals surface area (Å²) < 4.78 is 0. The van der Waals surface area contributed by atoms with Crippen molar-refractivity contribution in [1.29, 1.82) is 0 Å². The fourth-order valence-electron chi connectivity index (χ4n) is 8.77. The lowest BCUT2D eigenvalue weighted by molar-refractivity contribution is 0.203. The van der Waals surface area contributed by atoms with Gasteiger partial charge in [-0.25, -0.2) is 4.98 Å². The Hall–Kier alpha value is -7.16. The summed E-state index contributed by atoms with van der Waals surface area (Å²) in [7, 11) is 0. The monoisotopic (exact) mass is 763 g/mol. The topological polar surface area (TPSA) is 77.1 Å². The van der Waals surface area contributed by atoms with Gasteiger partial charge < -0.3 is 5.32 Å². The van der Waals surface area contributed by atoms with E-state index in [1.807, 2.05) is 24.5 Å². The second kappa shape index (κ2) is 15.0. The number of anilines is 3. The first-order chi connectivity index (χ1) is 29.2. The van der Waals surface area contributed by atoms with Crippen molar-refractivity contribution in [1.82, 2.24) is 25.9 Å². The van der Waals surface area contributed by atoms with E-state index >= 15 is 0 Å². The smallest absolute Gasteiger partial charge is 0.134 e. The summed E-state index contributed by atoms with van der Waals surface area (Å²) >= 11 is 0. The van der Waals surface area contributed by atoms with Gasteiger partial charge >= 0.3 is 0 Å². The lowest BCUT2D eigenvalue weighted by atomic mass is 9.99. The highest BCUT2D eigenvalue weighted by molar-refractivity contribution is 6.20. The summed E-state index contributed by atoms with van der Waals surface area (Å²) in [6.45, 7) is 0. The Morgan fingerprint density at radius 3 is 1.44 bits per heavy atom. The molecule has 0 radical (unpaired) electrons. The van der Waals surface area contributed by atoms with Crippen molar-refractivity contribution in [3.8, 4) is 22.3 Å². The third-order valence-electron chi connectivity index (χ3n) is 11.7. The number of rotatable bonds is 7. The molecule has 2 aliphatic heterocycles. The Bertz CT molecular complexity index is 2890. The summed E-state index contributed by atoms with van der Waals surface area (Å²) in [6.07, 6.45) is 3.40. The van der Waals surface area contributed by atoms with Gasteiger partial charge in [-0.3, -0.25) is 25.8 Å². The lowest BCUT2D eigenvalue weighted by Crippen LogP contribution is -2.54. The van der Waals surface area contributed by atoms with Crippen molar-refractivity contribution in [2.45, 2.75) is 24.7 Å². The molecular formula is C52H41N7. The molecule has 2 aromatic heterocycles. The number of hydrogen-bond acceptors (Lipinski definition) is 7. The van der Waals surface area contributed by atoms with Crippen LogP contribution in [-0.4, -0.2) is 9.97 Å². The summed E-state index contributed by atoms with van der Waals surface area (Å²) in [4.78, 5) is 12.0. The average molecular weight is 764 g/mol. The van der Waals surface area contributed by atoms with E-state index in [2.05, 4.69) is 202 Å². The summed E-state index contributed by atoms with van der Waals surface area (Å²) in [5.41, 5.74) is 12.6. The minimum absolute atomic E-state index is 0.0401. The fraction of sp³-hybridized carbons (Fsp3) is 0.0769. The number of aromatic nitrogens is 2. The van der Waals surface area contributed by atoms with E-state index in [1.54, 1.807) is 0 Å². The van der Waals surface area contributed by atoms with Crippen LogP contribution in [0.25, 0.3) is 43.9 Å². The average Bonchev–Trinajstić information content (AvgIpc) is 3.74. The molecule has 11 rings (SSSR count). The Balaban J connectivity index is 0.880. The Morgan fingerprint density at radius 1 is 0.373 bits per heavy atom. The highest BCUT2D eigenvalue weighted by atomic mass is 15.4. The molecule has 1 saturated heterocycles. The first kappa shape index (κ1) is 35.0. The number of pyridine rings is 2. The van der Waals surface area contributed by atoms with Crippen LogP contribution >= 0.6 is 0 Å². The molecule has 2 aliphatic rings. The van der Waals surface area contributed by atoms with Gasteiger partial charge in [-0.1, -0.05) is 164 Å². The molecule has 7 aromatic carbocycles. The Labute approximate surface area is 343 Å². The first-order valence-electron chi connectivity index (χ1n) is 20.2. The summed E-state index contributed by atoms with van der Waals surface area (Å²) in [5.74, 6) is 0.887. The molecule has 1 fully saturated rings. The van der Waals surface area contributed by atoms with Gasteiger partial charge in [0.25, 0.3) is 0 Å². The van der Waals surface area contributed by atoms with Gasteiger partial charge in [0.1, 0.15) is 12.0 Å². The third kappa shape index (κ3) is 6.48. The molecule has 7 nitrogen and oxygen atoms in total. The summed E-state index contributed by atoms with van der Waals surface area (Å²) in [5, 5.41) is 18.8. The molecule has 0 spiro atoms. The van der Waals surface area contributed by atoms with Crippen LogP contribution in [0.1, 0.15) is 46.9 Å². The highest BCUT2D eigenvalue weighted by Gasteiger charge is 2.35. The van der Waals surface area contributed by atoms with E-state index in [4.69, 9.17) is 9.97 Å². The standard InChI is InChI=1S/C52H41N7/c1-3-12-34(13-4-1)35-20-26-39(27-21-35)50-56-49(38-14-5-2-6-15-38)57-51(58-50)40-28-22-36(23-29-40)37-24-30-41(31-25-37)52-55-47-44-18-11-33-54-46(44)42-16-7-8-17-43(42)48(47)59(52)45-19-9-10-32-53-45/h1-33,49-52,55-58H. The molecule has 4 heterocycles. The predicted molar refractivity (Wildman–Crippen MR) is 240 cm³/mol. The number of hydrogen-bond donors (Lipinski definition) is 4. The van der Waals surface area contributed by atoms with Crippen LogP contribution in [0.15, 0.2) is 200 Å². The highest BCUT2D eigenvalue weighted by Crippen LogP contribution is 2.52. The van der Waals surface area contributed by atoms with E-state index in [-0.39, 0.29) is 24.7 Å². The molecule has 0 bridgehead atoms. The van der Waals surface area contributed by atoms with Gasteiger partial charge in [0, 0.05) is 28.6 Å². The molecular weight excluding hydrogens is 723 g/mol. The van der Waals surface area contributed by atoms with Crippen LogP contribution in [0.2, 0.25) is 0 Å². The van der Waals surface area contributed by atoms with Crippen LogP contribution in [0, 0.1) is 0 Å². The molecule has 7 heteroatoms. The Kier molecular flexibility index (Phi) is 8.89. The SMILES string of the molecule is c1ccc(-c2ccc(C3NC(c4ccccc4)NC(c4ccc(-c5ccc(C6Nc7c(c8ccccc8c8ncccc78)N6c6ccccn6)cc5)cc4)N3)cc2)cc1. The van der Waals surface area contributed by atoms with Gasteiger partial charge in [-0.05, 0) is 68.8 Å². The summed E-state index contributed by atoms with van der Waals surface area (Å²) in [6, 6.07) is 66.7. The number of nitrogens with zero attached hydrogens (tertiary/aromatic N) is 3. The van der Waals surface area contributed by atoms with Gasteiger partial charge in [-0.2, -0.15) is 0 Å². The number of fused-ring (bicyclic) bond motifs is 6. The molecule has 59 heavy (non-hydrogen) atoms. The third-order valence-corrected chi connectivity index (χ3v) is 11.7. The molecule has 0 saturated carbocycles. The molecule has 0 aliphatic carbocycles. The second-order valence-electron chi connectivity index (χ2n) is 15.2. The number of nitrogens with one attached hydrogen (secondary N) is 4. The van der Waals surface area contributed by atoms with Crippen molar-refractivity contribution >= 4 is 38.9 Å². The van der Waals surface area contributed by atoms with Gasteiger partial charge in [0.2, 0.25) is 0 Å². The molecule has 0 amide bonds. The quantitative estimate of drug-likeness (QED) is 0.120. The van der Waals surface area contributed by atoms with Crippen molar-refractivity contribution in [2.75, 3.05) is 10.2 Å². The van der Waals surface area contributed by atoms with Crippen LogP contribution < -0.4 is 26.2 Å². The molecule has 4 atom stereocenters. The molecule has 9 aromatic rings. The fourth-order valence-corrected chi connectivity index (χ4v) is 8.77. The van der Waals surface area contributed by atoms with E-state index < -0.39 is 0 Å². The zero-order chi connectivity index (χ0) is 39.1. The van der Waals surface area contributed by atoms with Gasteiger partial charge in [0.05, 0.1) is 35.4 Å². The van der Waals surface area contributed by atoms with Crippen LogP contribution in [-0.2, 0) is 0 Å². The van der Waals surface area contributed by atoms with Crippen LogP contribution in [0.5, 0.6) is 0 Å². The van der Waals surface area contributed by atoms with Crippen LogP contribution in [0.4, 0.5) is 17.2 Å². The van der Waals surface area contributed by atoms with E-state index in [0.29, 0.717) is 0 Å². The van der Waals surface area contributed by atoms with E-state index in [1.165, 1.54) is 27.8 Å². The maximum atomic E-state index is 4.85. The maximum Gasteiger partial charge on any atom is 0.134 e. The van der Waals surface area contributed by atoms with E-state index in [9.17, 15) is 0 Å². The Morgan fingerprint density at radius 2 is 0.847 bits per heavy atom.